The maximum Gasteiger partial charge on any atom is 0.326 e. The molecule has 1 N–H and O–H groups in total. The Morgan fingerprint density at radius 2 is 2.00 bits per heavy atom. The fourth-order valence-electron chi connectivity index (χ4n) is 3.58. The molecule has 114 valence electrons. The van der Waals surface area contributed by atoms with E-state index in [1.807, 2.05) is 6.92 Å². The first kappa shape index (κ1) is 15.3. The SMILES string of the molecule is COC1CC(C(=O)O)N(C(=O)C(C)CC2CCCC2)C1. The van der Waals surface area contributed by atoms with E-state index >= 15 is 0 Å². The quantitative estimate of drug-likeness (QED) is 0.837. The van der Waals surface area contributed by atoms with E-state index in [1.165, 1.54) is 30.6 Å². The molecular weight excluding hydrogens is 258 g/mol. The van der Waals surface area contributed by atoms with E-state index < -0.39 is 12.0 Å². The molecule has 1 saturated carbocycles. The Kier molecular flexibility index (Phi) is 5.02. The smallest absolute Gasteiger partial charge is 0.326 e. The summed E-state index contributed by atoms with van der Waals surface area (Å²) in [6.07, 6.45) is 6.07. The van der Waals surface area contributed by atoms with Crippen LogP contribution < -0.4 is 0 Å². The summed E-state index contributed by atoms with van der Waals surface area (Å²) in [4.78, 5) is 25.3. The third kappa shape index (κ3) is 3.32. The van der Waals surface area contributed by atoms with Crippen molar-refractivity contribution < 1.29 is 19.4 Å². The Hall–Kier alpha value is -1.10. The molecule has 20 heavy (non-hydrogen) atoms. The minimum absolute atomic E-state index is 0.0242. The molecule has 0 spiro atoms. The standard InChI is InChI=1S/C15H25NO4/c1-10(7-11-5-3-4-6-11)14(17)16-9-12(20-2)8-13(16)15(18)19/h10-13H,3-9H2,1-2H3,(H,18,19). The van der Waals surface area contributed by atoms with Crippen LogP contribution in [0.2, 0.25) is 0 Å². The first-order chi connectivity index (χ1) is 9.52. The summed E-state index contributed by atoms with van der Waals surface area (Å²) in [7, 11) is 1.57. The molecule has 2 aliphatic rings. The summed E-state index contributed by atoms with van der Waals surface area (Å²) >= 11 is 0. The largest absolute Gasteiger partial charge is 0.480 e. The predicted molar refractivity (Wildman–Crippen MR) is 74.3 cm³/mol. The van der Waals surface area contributed by atoms with Crippen LogP contribution in [-0.4, -0.2) is 47.7 Å². The van der Waals surface area contributed by atoms with Gasteiger partial charge in [-0.15, -0.1) is 0 Å². The molecule has 1 aliphatic carbocycles. The molecule has 2 rings (SSSR count). The van der Waals surface area contributed by atoms with Crippen LogP contribution in [0.3, 0.4) is 0 Å². The molecule has 2 fully saturated rings. The summed E-state index contributed by atoms with van der Waals surface area (Å²) in [5, 5.41) is 9.26. The highest BCUT2D eigenvalue weighted by Crippen LogP contribution is 2.32. The monoisotopic (exact) mass is 283 g/mol. The minimum atomic E-state index is -0.925. The van der Waals surface area contributed by atoms with Crippen molar-refractivity contribution in [2.75, 3.05) is 13.7 Å². The Morgan fingerprint density at radius 1 is 1.35 bits per heavy atom. The van der Waals surface area contributed by atoms with Gasteiger partial charge in [-0.1, -0.05) is 32.6 Å². The predicted octanol–water partition coefficient (Wildman–Crippen LogP) is 1.90. The molecule has 0 aromatic rings. The van der Waals surface area contributed by atoms with Crippen molar-refractivity contribution in [3.05, 3.63) is 0 Å². The number of ether oxygens (including phenoxy) is 1. The van der Waals surface area contributed by atoms with Gasteiger partial charge in [-0.25, -0.2) is 4.79 Å². The molecule has 0 bridgehead atoms. The van der Waals surface area contributed by atoms with Gasteiger partial charge in [0, 0.05) is 26.0 Å². The number of carboxylic acids is 1. The Labute approximate surface area is 120 Å². The Bertz CT molecular complexity index is 365. The van der Waals surface area contributed by atoms with Gasteiger partial charge >= 0.3 is 5.97 Å². The third-order valence-electron chi connectivity index (χ3n) is 4.75. The Morgan fingerprint density at radius 3 is 2.55 bits per heavy atom. The van der Waals surface area contributed by atoms with Gasteiger partial charge in [-0.2, -0.15) is 0 Å². The van der Waals surface area contributed by atoms with Gasteiger partial charge < -0.3 is 14.7 Å². The second-order valence-electron chi connectivity index (χ2n) is 6.23. The maximum atomic E-state index is 12.5. The lowest BCUT2D eigenvalue weighted by Crippen LogP contribution is -2.43. The third-order valence-corrected chi connectivity index (χ3v) is 4.75. The molecule has 1 aliphatic heterocycles. The van der Waals surface area contributed by atoms with Crippen LogP contribution in [0, 0.1) is 11.8 Å². The summed E-state index contributed by atoms with van der Waals surface area (Å²) in [6, 6.07) is -0.724. The lowest BCUT2D eigenvalue weighted by molar-refractivity contribution is -0.149. The number of aliphatic carboxylic acids is 1. The van der Waals surface area contributed by atoms with Crippen LogP contribution in [0.4, 0.5) is 0 Å². The van der Waals surface area contributed by atoms with Gasteiger partial charge in [0.2, 0.25) is 5.91 Å². The number of rotatable bonds is 5. The van der Waals surface area contributed by atoms with Crippen molar-refractivity contribution in [3.8, 4) is 0 Å². The number of carbonyl (C=O) groups excluding carboxylic acids is 1. The van der Waals surface area contributed by atoms with E-state index in [0.29, 0.717) is 18.9 Å². The first-order valence-electron chi connectivity index (χ1n) is 7.59. The zero-order valence-corrected chi connectivity index (χ0v) is 12.4. The highest BCUT2D eigenvalue weighted by Gasteiger charge is 2.41. The molecular formula is C15H25NO4. The highest BCUT2D eigenvalue weighted by molar-refractivity contribution is 5.85. The zero-order chi connectivity index (χ0) is 14.7. The van der Waals surface area contributed by atoms with Gasteiger partial charge in [-0.05, 0) is 12.3 Å². The van der Waals surface area contributed by atoms with Gasteiger partial charge in [0.25, 0.3) is 0 Å². The minimum Gasteiger partial charge on any atom is -0.480 e. The number of methoxy groups -OCH3 is 1. The van der Waals surface area contributed by atoms with Crippen LogP contribution in [-0.2, 0) is 14.3 Å². The average Bonchev–Trinajstić information content (AvgIpc) is 3.06. The molecule has 0 radical (unpaired) electrons. The molecule has 5 nitrogen and oxygen atoms in total. The van der Waals surface area contributed by atoms with Crippen molar-refractivity contribution in [1.82, 2.24) is 4.90 Å². The lowest BCUT2D eigenvalue weighted by atomic mass is 9.93. The molecule has 0 aromatic heterocycles. The van der Waals surface area contributed by atoms with E-state index in [1.54, 1.807) is 7.11 Å². The molecule has 3 atom stereocenters. The summed E-state index contributed by atoms with van der Waals surface area (Å²) < 4.78 is 5.23. The summed E-state index contributed by atoms with van der Waals surface area (Å²) in [5.41, 5.74) is 0. The van der Waals surface area contributed by atoms with E-state index in [0.717, 1.165) is 6.42 Å². The van der Waals surface area contributed by atoms with Crippen molar-refractivity contribution in [2.24, 2.45) is 11.8 Å². The molecule has 3 unspecified atom stereocenters. The average molecular weight is 283 g/mol. The number of hydrogen-bond acceptors (Lipinski definition) is 3. The maximum absolute atomic E-state index is 12.5. The summed E-state index contributed by atoms with van der Waals surface area (Å²) in [6.45, 7) is 2.33. The van der Waals surface area contributed by atoms with Gasteiger partial charge in [0.1, 0.15) is 6.04 Å². The van der Waals surface area contributed by atoms with Crippen LogP contribution in [0.1, 0.15) is 45.4 Å². The number of carbonyl (C=O) groups is 2. The van der Waals surface area contributed by atoms with E-state index in [9.17, 15) is 14.7 Å². The zero-order valence-electron chi connectivity index (χ0n) is 12.4. The number of hydrogen-bond donors (Lipinski definition) is 1. The van der Waals surface area contributed by atoms with Gasteiger partial charge in [-0.3, -0.25) is 4.79 Å². The molecule has 1 saturated heterocycles. The Balaban J connectivity index is 1.96. The normalized spacial score (nSPS) is 28.8. The molecule has 5 heteroatoms. The number of carboxylic acid groups (broad SMARTS) is 1. The fourth-order valence-corrected chi connectivity index (χ4v) is 3.58. The molecule has 1 heterocycles. The van der Waals surface area contributed by atoms with Crippen LogP contribution in [0.15, 0.2) is 0 Å². The fraction of sp³-hybridized carbons (Fsp3) is 0.867. The van der Waals surface area contributed by atoms with E-state index in [2.05, 4.69) is 0 Å². The van der Waals surface area contributed by atoms with Crippen molar-refractivity contribution in [1.29, 1.82) is 0 Å². The highest BCUT2D eigenvalue weighted by atomic mass is 16.5. The van der Waals surface area contributed by atoms with E-state index in [-0.39, 0.29) is 17.9 Å². The van der Waals surface area contributed by atoms with Crippen molar-refractivity contribution in [3.63, 3.8) is 0 Å². The van der Waals surface area contributed by atoms with Crippen molar-refractivity contribution in [2.45, 2.75) is 57.6 Å². The van der Waals surface area contributed by atoms with E-state index in [4.69, 9.17) is 4.74 Å². The number of likely N-dealkylation sites (tertiary alicyclic amines) is 1. The van der Waals surface area contributed by atoms with Crippen molar-refractivity contribution >= 4 is 11.9 Å². The molecule has 1 amide bonds. The second kappa shape index (κ2) is 6.57. The first-order valence-corrected chi connectivity index (χ1v) is 7.59. The molecule has 0 aromatic carbocycles. The van der Waals surface area contributed by atoms with Crippen LogP contribution in [0.5, 0.6) is 0 Å². The lowest BCUT2D eigenvalue weighted by Gasteiger charge is -2.26. The summed E-state index contributed by atoms with van der Waals surface area (Å²) in [5.74, 6) is -0.400. The van der Waals surface area contributed by atoms with Crippen LogP contribution >= 0.6 is 0 Å². The van der Waals surface area contributed by atoms with Crippen LogP contribution in [0.25, 0.3) is 0 Å². The topological polar surface area (TPSA) is 66.8 Å². The van der Waals surface area contributed by atoms with Gasteiger partial charge in [0.15, 0.2) is 0 Å². The second-order valence-corrected chi connectivity index (χ2v) is 6.23. The number of nitrogens with zero attached hydrogens (tertiary/aromatic N) is 1. The number of amides is 1. The van der Waals surface area contributed by atoms with Gasteiger partial charge in [0.05, 0.1) is 6.10 Å².